The Morgan fingerprint density at radius 2 is 1.33 bits per heavy atom. The van der Waals surface area contributed by atoms with Crippen molar-refractivity contribution in [3.63, 3.8) is 0 Å². The van der Waals surface area contributed by atoms with Gasteiger partial charge in [-0.25, -0.2) is 26.3 Å². The lowest BCUT2D eigenvalue weighted by Gasteiger charge is -2.31. The quantitative estimate of drug-likeness (QED) is 0.317. The maximum Gasteiger partial charge on any atom is 0.309 e. The van der Waals surface area contributed by atoms with Gasteiger partial charge < -0.3 is 9.64 Å². The fraction of sp³-hybridized carbons (Fsp3) is 0.300. The summed E-state index contributed by atoms with van der Waals surface area (Å²) in [4.78, 5) is 26.0. The van der Waals surface area contributed by atoms with Crippen molar-refractivity contribution in [1.82, 2.24) is 4.90 Å². The van der Waals surface area contributed by atoms with Gasteiger partial charge in [-0.2, -0.15) is 0 Å². The van der Waals surface area contributed by atoms with Crippen molar-refractivity contribution in [2.75, 3.05) is 13.1 Å². The SMILES string of the molecule is O=C(OCc1c(F)c(F)c(F)c(F)c1F)C1CCN(C(=O)c2ccc(F)cc2)CC1. The molecule has 1 amide bonds. The maximum absolute atomic E-state index is 13.6. The topological polar surface area (TPSA) is 46.6 Å². The molecule has 0 unspecified atom stereocenters. The van der Waals surface area contributed by atoms with Crippen molar-refractivity contribution >= 4 is 11.9 Å². The smallest absolute Gasteiger partial charge is 0.309 e. The normalized spacial score (nSPS) is 14.7. The highest BCUT2D eigenvalue weighted by Gasteiger charge is 2.31. The molecule has 0 bridgehead atoms. The molecule has 0 aromatic heterocycles. The number of amides is 1. The van der Waals surface area contributed by atoms with E-state index in [1.807, 2.05) is 0 Å². The van der Waals surface area contributed by atoms with Crippen LogP contribution in [-0.4, -0.2) is 29.9 Å². The van der Waals surface area contributed by atoms with Gasteiger partial charge in [-0.3, -0.25) is 9.59 Å². The summed E-state index contributed by atoms with van der Waals surface area (Å²) in [6.45, 7) is -0.754. The summed E-state index contributed by atoms with van der Waals surface area (Å²) in [5, 5.41) is 0. The molecule has 1 heterocycles. The summed E-state index contributed by atoms with van der Waals surface area (Å²) in [7, 11) is 0. The Labute approximate surface area is 167 Å². The Kier molecular flexibility index (Phi) is 6.33. The summed E-state index contributed by atoms with van der Waals surface area (Å²) < 4.78 is 84.4. The highest BCUT2D eigenvalue weighted by Crippen LogP contribution is 2.25. The first-order chi connectivity index (χ1) is 14.2. The van der Waals surface area contributed by atoms with Gasteiger partial charge in [-0.05, 0) is 37.1 Å². The molecule has 2 aromatic carbocycles. The highest BCUT2D eigenvalue weighted by molar-refractivity contribution is 5.94. The number of rotatable bonds is 4. The summed E-state index contributed by atoms with van der Waals surface area (Å²) in [6.07, 6.45) is 0.367. The van der Waals surface area contributed by atoms with Crippen molar-refractivity contribution in [2.24, 2.45) is 5.92 Å². The molecule has 30 heavy (non-hydrogen) atoms. The second kappa shape index (κ2) is 8.76. The van der Waals surface area contributed by atoms with Crippen molar-refractivity contribution < 1.29 is 40.7 Å². The molecule has 160 valence electrons. The van der Waals surface area contributed by atoms with E-state index in [-0.39, 0.29) is 37.4 Å². The zero-order valence-corrected chi connectivity index (χ0v) is 15.4. The molecule has 10 heteroatoms. The molecule has 1 aliphatic rings. The average Bonchev–Trinajstić information content (AvgIpc) is 2.76. The number of esters is 1. The van der Waals surface area contributed by atoms with Crippen LogP contribution in [0, 0.1) is 40.8 Å². The molecule has 4 nitrogen and oxygen atoms in total. The number of hydrogen-bond donors (Lipinski definition) is 0. The van der Waals surface area contributed by atoms with Crippen molar-refractivity contribution in [3.05, 3.63) is 70.3 Å². The third-order valence-electron chi connectivity index (χ3n) is 4.87. The Hall–Kier alpha value is -3.04. The van der Waals surface area contributed by atoms with Crippen LogP contribution >= 0.6 is 0 Å². The zero-order chi connectivity index (χ0) is 22.0. The summed E-state index contributed by atoms with van der Waals surface area (Å²) in [5.41, 5.74) is -0.951. The van der Waals surface area contributed by atoms with Gasteiger partial charge in [0.2, 0.25) is 5.82 Å². The van der Waals surface area contributed by atoms with Crippen LogP contribution in [0.1, 0.15) is 28.8 Å². The van der Waals surface area contributed by atoms with Crippen LogP contribution in [0.15, 0.2) is 24.3 Å². The van der Waals surface area contributed by atoms with Crippen LogP contribution in [0.4, 0.5) is 26.3 Å². The van der Waals surface area contributed by atoms with Crippen LogP contribution in [0.5, 0.6) is 0 Å². The first-order valence-corrected chi connectivity index (χ1v) is 8.92. The minimum absolute atomic E-state index is 0.179. The molecule has 1 aliphatic heterocycles. The van der Waals surface area contributed by atoms with Crippen molar-refractivity contribution in [1.29, 1.82) is 0 Å². The van der Waals surface area contributed by atoms with Gasteiger partial charge in [-0.1, -0.05) is 0 Å². The lowest BCUT2D eigenvalue weighted by atomic mass is 9.96. The van der Waals surface area contributed by atoms with Gasteiger partial charge >= 0.3 is 5.97 Å². The molecule has 0 aliphatic carbocycles. The maximum atomic E-state index is 13.6. The van der Waals surface area contributed by atoms with E-state index >= 15 is 0 Å². The van der Waals surface area contributed by atoms with Crippen LogP contribution in [0.3, 0.4) is 0 Å². The molecular weight excluding hydrogens is 416 g/mol. The summed E-state index contributed by atoms with van der Waals surface area (Å²) in [5.74, 6) is -13.0. The highest BCUT2D eigenvalue weighted by atomic mass is 19.2. The third-order valence-corrected chi connectivity index (χ3v) is 4.87. The number of likely N-dealkylation sites (tertiary alicyclic amines) is 1. The van der Waals surface area contributed by atoms with Gasteiger partial charge in [0.25, 0.3) is 5.91 Å². The number of carbonyl (C=O) groups is 2. The molecular formula is C20H15F6NO3. The number of halogens is 6. The predicted octanol–water partition coefficient (Wildman–Crippen LogP) is 4.12. The molecule has 0 radical (unpaired) electrons. The molecule has 0 spiro atoms. The average molecular weight is 431 g/mol. The van der Waals surface area contributed by atoms with Crippen LogP contribution in [0.25, 0.3) is 0 Å². The number of hydrogen-bond acceptors (Lipinski definition) is 3. The second-order valence-corrected chi connectivity index (χ2v) is 6.73. The first-order valence-electron chi connectivity index (χ1n) is 8.92. The fourth-order valence-corrected chi connectivity index (χ4v) is 3.13. The van der Waals surface area contributed by atoms with Crippen LogP contribution in [-0.2, 0) is 16.1 Å². The van der Waals surface area contributed by atoms with E-state index in [0.29, 0.717) is 0 Å². The van der Waals surface area contributed by atoms with E-state index in [1.165, 1.54) is 17.0 Å². The number of carbonyl (C=O) groups excluding carboxylic acids is 2. The minimum atomic E-state index is -2.29. The number of piperidine rings is 1. The van der Waals surface area contributed by atoms with Crippen LogP contribution in [0.2, 0.25) is 0 Å². The molecule has 0 N–H and O–H groups in total. The minimum Gasteiger partial charge on any atom is -0.460 e. The lowest BCUT2D eigenvalue weighted by molar-refractivity contribution is -0.151. The fourth-order valence-electron chi connectivity index (χ4n) is 3.13. The number of nitrogens with zero attached hydrogens (tertiary/aromatic N) is 1. The predicted molar refractivity (Wildman–Crippen MR) is 91.1 cm³/mol. The standard InChI is InChI=1S/C20H15F6NO3/c21-12-3-1-10(2-4-12)19(28)27-7-5-11(6-8-27)20(29)30-9-13-14(22)16(24)18(26)17(25)15(13)23/h1-4,11H,5-9H2. The van der Waals surface area contributed by atoms with Gasteiger partial charge in [0.1, 0.15) is 12.4 Å². The second-order valence-electron chi connectivity index (χ2n) is 6.73. The van der Waals surface area contributed by atoms with Crippen LogP contribution < -0.4 is 0 Å². The van der Waals surface area contributed by atoms with Crippen molar-refractivity contribution in [2.45, 2.75) is 19.4 Å². The zero-order valence-electron chi connectivity index (χ0n) is 15.4. The first kappa shape index (κ1) is 21.7. The Balaban J connectivity index is 1.58. The third kappa shape index (κ3) is 4.27. The lowest BCUT2D eigenvalue weighted by Crippen LogP contribution is -2.40. The molecule has 1 fully saturated rings. The van der Waals surface area contributed by atoms with Gasteiger partial charge in [-0.15, -0.1) is 0 Å². The molecule has 2 aromatic rings. The van der Waals surface area contributed by atoms with E-state index in [0.717, 1.165) is 12.1 Å². The molecule has 3 rings (SSSR count). The Morgan fingerprint density at radius 3 is 1.87 bits per heavy atom. The van der Waals surface area contributed by atoms with Gasteiger partial charge in [0, 0.05) is 18.7 Å². The molecule has 1 saturated heterocycles. The Morgan fingerprint density at radius 1 is 0.833 bits per heavy atom. The molecule has 0 atom stereocenters. The van der Waals surface area contributed by atoms with Gasteiger partial charge in [0.15, 0.2) is 23.3 Å². The largest absolute Gasteiger partial charge is 0.460 e. The summed E-state index contributed by atoms with van der Waals surface area (Å²) >= 11 is 0. The molecule has 0 saturated carbocycles. The van der Waals surface area contributed by atoms with E-state index < -0.39 is 59.0 Å². The monoisotopic (exact) mass is 431 g/mol. The number of benzene rings is 2. The van der Waals surface area contributed by atoms with E-state index in [4.69, 9.17) is 4.74 Å². The van der Waals surface area contributed by atoms with E-state index in [2.05, 4.69) is 0 Å². The van der Waals surface area contributed by atoms with E-state index in [1.54, 1.807) is 0 Å². The Bertz CT molecular complexity index is 942. The van der Waals surface area contributed by atoms with Crippen molar-refractivity contribution in [3.8, 4) is 0 Å². The van der Waals surface area contributed by atoms with Gasteiger partial charge in [0.05, 0.1) is 11.5 Å². The summed E-state index contributed by atoms with van der Waals surface area (Å²) in [6, 6.07) is 4.97. The number of ether oxygens (including phenoxy) is 1. The van der Waals surface area contributed by atoms with E-state index in [9.17, 15) is 35.9 Å².